The number of ether oxygens (including phenoxy) is 1. The van der Waals surface area contributed by atoms with Crippen LogP contribution in [0, 0.1) is 12.7 Å². The second kappa shape index (κ2) is 6.25. The van der Waals surface area contributed by atoms with Gasteiger partial charge in [0.05, 0.1) is 5.02 Å². The molecule has 2 aromatic rings. The van der Waals surface area contributed by atoms with Crippen molar-refractivity contribution in [1.82, 2.24) is 0 Å². The zero-order valence-electron chi connectivity index (χ0n) is 11.5. The van der Waals surface area contributed by atoms with Crippen LogP contribution in [0.2, 0.25) is 5.02 Å². The van der Waals surface area contributed by atoms with E-state index in [0.29, 0.717) is 11.5 Å². The predicted octanol–water partition coefficient (Wildman–Crippen LogP) is 4.47. The van der Waals surface area contributed by atoms with Gasteiger partial charge in [-0.1, -0.05) is 23.7 Å². The summed E-state index contributed by atoms with van der Waals surface area (Å²) in [7, 11) is 0. The SMILES string of the molecule is Cc1cc(CC(C)N)ccc1Oc1ccc(Cl)c(F)c1. The Bertz CT molecular complexity index is 613. The average molecular weight is 294 g/mol. The van der Waals surface area contributed by atoms with E-state index in [2.05, 4.69) is 0 Å². The Morgan fingerprint density at radius 1 is 1.25 bits per heavy atom. The van der Waals surface area contributed by atoms with Gasteiger partial charge in [0.15, 0.2) is 0 Å². The molecule has 0 aliphatic rings. The van der Waals surface area contributed by atoms with Gasteiger partial charge in [0.2, 0.25) is 0 Å². The first-order valence-corrected chi connectivity index (χ1v) is 6.81. The molecule has 0 spiro atoms. The van der Waals surface area contributed by atoms with E-state index >= 15 is 0 Å². The predicted molar refractivity (Wildman–Crippen MR) is 80.0 cm³/mol. The topological polar surface area (TPSA) is 35.2 Å². The second-order valence-electron chi connectivity index (χ2n) is 4.96. The highest BCUT2D eigenvalue weighted by molar-refractivity contribution is 6.30. The van der Waals surface area contributed by atoms with Crippen molar-refractivity contribution in [2.24, 2.45) is 5.73 Å². The van der Waals surface area contributed by atoms with Crippen LogP contribution in [0.25, 0.3) is 0 Å². The fourth-order valence-electron chi connectivity index (χ4n) is 1.99. The summed E-state index contributed by atoms with van der Waals surface area (Å²) in [4.78, 5) is 0. The van der Waals surface area contributed by atoms with Gasteiger partial charge >= 0.3 is 0 Å². The lowest BCUT2D eigenvalue weighted by Gasteiger charge is -2.12. The minimum atomic E-state index is -0.490. The van der Waals surface area contributed by atoms with Crippen LogP contribution < -0.4 is 10.5 Å². The maximum atomic E-state index is 13.4. The number of benzene rings is 2. The van der Waals surface area contributed by atoms with Crippen LogP contribution in [0.1, 0.15) is 18.1 Å². The first kappa shape index (κ1) is 14.8. The molecule has 0 bridgehead atoms. The Labute approximate surface area is 123 Å². The molecule has 1 atom stereocenters. The quantitative estimate of drug-likeness (QED) is 0.902. The smallest absolute Gasteiger partial charge is 0.145 e. The highest BCUT2D eigenvalue weighted by Gasteiger charge is 2.07. The lowest BCUT2D eigenvalue weighted by atomic mass is 10.0. The van der Waals surface area contributed by atoms with Crippen molar-refractivity contribution < 1.29 is 9.13 Å². The van der Waals surface area contributed by atoms with E-state index in [1.165, 1.54) is 12.1 Å². The Morgan fingerprint density at radius 2 is 2.00 bits per heavy atom. The summed E-state index contributed by atoms with van der Waals surface area (Å²) >= 11 is 5.64. The third-order valence-corrected chi connectivity index (χ3v) is 3.22. The monoisotopic (exact) mass is 293 g/mol. The molecule has 0 saturated carbocycles. The Hall–Kier alpha value is -1.58. The molecule has 1 unspecified atom stereocenters. The van der Waals surface area contributed by atoms with Gasteiger partial charge < -0.3 is 10.5 Å². The molecule has 0 heterocycles. The molecule has 2 nitrogen and oxygen atoms in total. The van der Waals surface area contributed by atoms with Crippen molar-refractivity contribution in [2.75, 3.05) is 0 Å². The first-order chi connectivity index (χ1) is 9.45. The number of rotatable bonds is 4. The van der Waals surface area contributed by atoms with Crippen LogP contribution >= 0.6 is 11.6 Å². The number of aryl methyl sites for hydroxylation is 1. The number of hydrogen-bond donors (Lipinski definition) is 1. The molecule has 4 heteroatoms. The second-order valence-corrected chi connectivity index (χ2v) is 5.37. The van der Waals surface area contributed by atoms with Gasteiger partial charge in [-0.25, -0.2) is 4.39 Å². The van der Waals surface area contributed by atoms with Crippen molar-refractivity contribution in [1.29, 1.82) is 0 Å². The highest BCUT2D eigenvalue weighted by Crippen LogP contribution is 2.28. The number of nitrogens with two attached hydrogens (primary N) is 1. The van der Waals surface area contributed by atoms with Crippen molar-refractivity contribution in [2.45, 2.75) is 26.3 Å². The van der Waals surface area contributed by atoms with Crippen LogP contribution in [0.4, 0.5) is 4.39 Å². The van der Waals surface area contributed by atoms with Crippen LogP contribution in [-0.2, 0) is 6.42 Å². The maximum absolute atomic E-state index is 13.4. The third-order valence-electron chi connectivity index (χ3n) is 2.92. The molecule has 0 amide bonds. The van der Waals surface area contributed by atoms with Gasteiger partial charge in [0.25, 0.3) is 0 Å². The normalized spacial score (nSPS) is 12.2. The Morgan fingerprint density at radius 3 is 2.60 bits per heavy atom. The lowest BCUT2D eigenvalue weighted by molar-refractivity contribution is 0.473. The van der Waals surface area contributed by atoms with Crippen LogP contribution in [0.3, 0.4) is 0 Å². The van der Waals surface area contributed by atoms with Gasteiger partial charge in [0.1, 0.15) is 17.3 Å². The van der Waals surface area contributed by atoms with Crippen LogP contribution in [0.15, 0.2) is 36.4 Å². The van der Waals surface area contributed by atoms with E-state index in [0.717, 1.165) is 17.5 Å². The van der Waals surface area contributed by atoms with Crippen LogP contribution in [-0.4, -0.2) is 6.04 Å². The zero-order valence-corrected chi connectivity index (χ0v) is 12.2. The minimum absolute atomic E-state index is 0.0846. The summed E-state index contributed by atoms with van der Waals surface area (Å²) < 4.78 is 19.0. The molecule has 2 rings (SSSR count). The summed E-state index contributed by atoms with van der Waals surface area (Å²) in [5.41, 5.74) is 7.93. The van der Waals surface area contributed by atoms with E-state index in [9.17, 15) is 4.39 Å². The standard InChI is InChI=1S/C16H17ClFNO/c1-10-7-12(8-11(2)19)3-6-16(10)20-13-4-5-14(17)15(18)9-13/h3-7,9,11H,8,19H2,1-2H3. The van der Waals surface area contributed by atoms with E-state index in [4.69, 9.17) is 22.1 Å². The van der Waals surface area contributed by atoms with E-state index in [1.807, 2.05) is 32.0 Å². The van der Waals surface area contributed by atoms with E-state index in [1.54, 1.807) is 6.07 Å². The van der Waals surface area contributed by atoms with Crippen molar-refractivity contribution in [3.63, 3.8) is 0 Å². The summed E-state index contributed by atoms with van der Waals surface area (Å²) in [6, 6.07) is 10.4. The fraction of sp³-hybridized carbons (Fsp3) is 0.250. The summed E-state index contributed by atoms with van der Waals surface area (Å²) in [6.45, 7) is 3.92. The summed E-state index contributed by atoms with van der Waals surface area (Å²) in [5.74, 6) is 0.630. The van der Waals surface area contributed by atoms with E-state index in [-0.39, 0.29) is 11.1 Å². The molecule has 0 aromatic heterocycles. The van der Waals surface area contributed by atoms with Gasteiger partial charge in [-0.3, -0.25) is 0 Å². The average Bonchev–Trinajstić information content (AvgIpc) is 2.36. The molecule has 106 valence electrons. The lowest BCUT2D eigenvalue weighted by Crippen LogP contribution is -2.17. The molecule has 2 aromatic carbocycles. The molecular weight excluding hydrogens is 277 g/mol. The van der Waals surface area contributed by atoms with Crippen molar-refractivity contribution in [3.05, 3.63) is 58.4 Å². The largest absolute Gasteiger partial charge is 0.457 e. The third kappa shape index (κ3) is 3.71. The molecule has 0 aliphatic heterocycles. The molecule has 0 fully saturated rings. The molecular formula is C16H17ClFNO. The Kier molecular flexibility index (Phi) is 4.63. The van der Waals surface area contributed by atoms with E-state index < -0.39 is 5.82 Å². The summed E-state index contributed by atoms with van der Waals surface area (Å²) in [6.07, 6.45) is 0.816. The summed E-state index contributed by atoms with van der Waals surface area (Å²) in [5, 5.41) is 0.0846. The van der Waals surface area contributed by atoms with Crippen LogP contribution in [0.5, 0.6) is 11.5 Å². The molecule has 0 saturated heterocycles. The first-order valence-electron chi connectivity index (χ1n) is 6.43. The molecule has 20 heavy (non-hydrogen) atoms. The number of hydrogen-bond acceptors (Lipinski definition) is 2. The van der Waals surface area contributed by atoms with Gasteiger partial charge in [-0.15, -0.1) is 0 Å². The van der Waals surface area contributed by atoms with Crippen molar-refractivity contribution >= 4 is 11.6 Å². The molecule has 0 aliphatic carbocycles. The highest BCUT2D eigenvalue weighted by atomic mass is 35.5. The Balaban J connectivity index is 2.19. The van der Waals surface area contributed by atoms with Gasteiger partial charge in [-0.05, 0) is 49.6 Å². The minimum Gasteiger partial charge on any atom is -0.457 e. The number of halogens is 2. The molecule has 0 radical (unpaired) electrons. The van der Waals surface area contributed by atoms with Crippen molar-refractivity contribution in [3.8, 4) is 11.5 Å². The van der Waals surface area contributed by atoms with Gasteiger partial charge in [-0.2, -0.15) is 0 Å². The fourth-order valence-corrected chi connectivity index (χ4v) is 2.11. The molecule has 2 N–H and O–H groups in total. The van der Waals surface area contributed by atoms with Gasteiger partial charge in [0, 0.05) is 12.1 Å². The zero-order chi connectivity index (χ0) is 14.7. The maximum Gasteiger partial charge on any atom is 0.145 e.